The highest BCUT2D eigenvalue weighted by molar-refractivity contribution is 7.98. The molecule has 0 radical (unpaired) electrons. The van der Waals surface area contributed by atoms with Gasteiger partial charge in [-0.15, -0.1) is 0 Å². The molecule has 4 nitrogen and oxygen atoms in total. The molecule has 0 spiro atoms. The maximum Gasteiger partial charge on any atom is 0.354 e. The first kappa shape index (κ1) is 12.1. The van der Waals surface area contributed by atoms with Gasteiger partial charge < -0.3 is 15.0 Å². The molecule has 0 fully saturated rings. The summed E-state index contributed by atoms with van der Waals surface area (Å²) in [5.74, 6) is 0.763. The van der Waals surface area contributed by atoms with Crippen molar-refractivity contribution >= 4 is 17.7 Å². The Bertz CT molecular complexity index is 312. The van der Waals surface area contributed by atoms with Crippen molar-refractivity contribution in [2.45, 2.75) is 6.54 Å². The molecule has 5 heteroatoms. The molecule has 15 heavy (non-hydrogen) atoms. The lowest BCUT2D eigenvalue weighted by molar-refractivity contribution is 0.0595. The van der Waals surface area contributed by atoms with Gasteiger partial charge in [-0.25, -0.2) is 4.79 Å². The summed E-state index contributed by atoms with van der Waals surface area (Å²) >= 11 is 1.81. The van der Waals surface area contributed by atoms with Crippen LogP contribution >= 0.6 is 11.8 Å². The fraction of sp³-hybridized carbons (Fsp3) is 0.500. The molecule has 0 aliphatic heterocycles. The van der Waals surface area contributed by atoms with Crippen molar-refractivity contribution in [3.63, 3.8) is 0 Å². The van der Waals surface area contributed by atoms with Gasteiger partial charge in [0.25, 0.3) is 0 Å². The van der Waals surface area contributed by atoms with Gasteiger partial charge in [0.15, 0.2) is 0 Å². The zero-order chi connectivity index (χ0) is 11.1. The highest BCUT2D eigenvalue weighted by Crippen LogP contribution is 2.04. The molecule has 2 N–H and O–H groups in total. The summed E-state index contributed by atoms with van der Waals surface area (Å²) in [5.41, 5.74) is 1.57. The van der Waals surface area contributed by atoms with Crippen LogP contribution in [0.25, 0.3) is 0 Å². The molecule has 0 amide bonds. The van der Waals surface area contributed by atoms with Crippen LogP contribution < -0.4 is 5.32 Å². The van der Waals surface area contributed by atoms with E-state index in [9.17, 15) is 4.79 Å². The van der Waals surface area contributed by atoms with Gasteiger partial charge in [-0.2, -0.15) is 11.8 Å². The summed E-state index contributed by atoms with van der Waals surface area (Å²) < 4.78 is 4.60. The summed E-state index contributed by atoms with van der Waals surface area (Å²) in [6, 6.07) is 1.80. The topological polar surface area (TPSA) is 54.1 Å². The molecule has 0 aromatic carbocycles. The van der Waals surface area contributed by atoms with Crippen LogP contribution in [-0.2, 0) is 11.3 Å². The number of aromatic nitrogens is 1. The third kappa shape index (κ3) is 3.97. The van der Waals surface area contributed by atoms with E-state index in [2.05, 4.69) is 21.3 Å². The van der Waals surface area contributed by atoms with Crippen LogP contribution in [0.2, 0.25) is 0 Å². The Morgan fingerprint density at radius 2 is 2.47 bits per heavy atom. The summed E-state index contributed by atoms with van der Waals surface area (Å²) in [6.45, 7) is 1.74. The molecule has 0 unspecified atom stereocenters. The normalized spacial score (nSPS) is 10.3. The van der Waals surface area contributed by atoms with Crippen molar-refractivity contribution in [3.05, 3.63) is 23.5 Å². The van der Waals surface area contributed by atoms with Crippen molar-refractivity contribution in [2.75, 3.05) is 25.7 Å². The van der Waals surface area contributed by atoms with Gasteiger partial charge in [0, 0.05) is 25.0 Å². The molecule has 1 aromatic heterocycles. The molecule has 0 aliphatic rings. The number of hydrogen-bond donors (Lipinski definition) is 2. The van der Waals surface area contributed by atoms with Gasteiger partial charge in [0.2, 0.25) is 0 Å². The van der Waals surface area contributed by atoms with Crippen LogP contribution in [0.3, 0.4) is 0 Å². The molecule has 0 saturated carbocycles. The van der Waals surface area contributed by atoms with E-state index in [-0.39, 0.29) is 5.97 Å². The van der Waals surface area contributed by atoms with Gasteiger partial charge in [-0.1, -0.05) is 0 Å². The average Bonchev–Trinajstić information content (AvgIpc) is 2.72. The van der Waals surface area contributed by atoms with E-state index in [1.165, 1.54) is 7.11 Å². The number of aromatic amines is 1. The highest BCUT2D eigenvalue weighted by atomic mass is 32.2. The number of thioether (sulfide) groups is 1. The first-order valence-corrected chi connectivity index (χ1v) is 6.12. The third-order valence-electron chi connectivity index (χ3n) is 1.96. The first-order valence-electron chi connectivity index (χ1n) is 4.73. The van der Waals surface area contributed by atoms with Crippen LogP contribution in [0.1, 0.15) is 16.1 Å². The number of carbonyl (C=O) groups excluding carboxylic acids is 1. The lowest BCUT2D eigenvalue weighted by Gasteiger charge is -2.00. The minimum Gasteiger partial charge on any atom is -0.464 e. The Hall–Kier alpha value is -0.940. The van der Waals surface area contributed by atoms with E-state index < -0.39 is 0 Å². The fourth-order valence-electron chi connectivity index (χ4n) is 1.18. The second-order valence-corrected chi connectivity index (χ2v) is 4.07. The SMILES string of the molecule is COC(=O)c1cc(CNCCSC)c[nH]1. The van der Waals surface area contributed by atoms with Crippen LogP contribution in [-0.4, -0.2) is 36.6 Å². The Morgan fingerprint density at radius 3 is 3.13 bits per heavy atom. The molecule has 1 rings (SSSR count). The van der Waals surface area contributed by atoms with Gasteiger partial charge >= 0.3 is 5.97 Å². The zero-order valence-corrected chi connectivity index (χ0v) is 9.82. The van der Waals surface area contributed by atoms with Gasteiger partial charge in [-0.3, -0.25) is 0 Å². The van der Waals surface area contributed by atoms with Gasteiger partial charge in [0.05, 0.1) is 7.11 Å². The average molecular weight is 228 g/mol. The maximum atomic E-state index is 11.1. The van der Waals surface area contributed by atoms with E-state index in [1.54, 1.807) is 17.8 Å². The Balaban J connectivity index is 2.36. The molecule has 0 bridgehead atoms. The number of hydrogen-bond acceptors (Lipinski definition) is 4. The maximum absolute atomic E-state index is 11.1. The number of nitrogens with one attached hydrogen (secondary N) is 2. The first-order chi connectivity index (χ1) is 7.27. The summed E-state index contributed by atoms with van der Waals surface area (Å²) in [7, 11) is 1.37. The monoisotopic (exact) mass is 228 g/mol. The quantitative estimate of drug-likeness (QED) is 0.568. The minimum atomic E-state index is -0.328. The fourth-order valence-corrected chi connectivity index (χ4v) is 1.52. The highest BCUT2D eigenvalue weighted by Gasteiger charge is 2.07. The number of rotatable bonds is 6. The summed E-state index contributed by atoms with van der Waals surface area (Å²) in [5, 5.41) is 3.28. The number of carbonyl (C=O) groups is 1. The largest absolute Gasteiger partial charge is 0.464 e. The van der Waals surface area contributed by atoms with Gasteiger partial charge in [-0.05, 0) is 17.9 Å². The number of ether oxygens (including phenoxy) is 1. The van der Waals surface area contributed by atoms with Crippen molar-refractivity contribution in [1.82, 2.24) is 10.3 Å². The Kier molecular flexibility index (Phi) is 5.28. The minimum absolute atomic E-state index is 0.328. The Labute approximate surface area is 93.8 Å². The summed E-state index contributed by atoms with van der Waals surface area (Å²) in [4.78, 5) is 14.0. The smallest absolute Gasteiger partial charge is 0.354 e. The number of methoxy groups -OCH3 is 1. The predicted octanol–water partition coefficient (Wildman–Crippen LogP) is 1.25. The molecule has 84 valence electrons. The van der Waals surface area contributed by atoms with Crippen LogP contribution in [0.15, 0.2) is 12.3 Å². The van der Waals surface area contributed by atoms with E-state index in [0.717, 1.165) is 24.4 Å². The molecule has 1 aromatic rings. The van der Waals surface area contributed by atoms with Gasteiger partial charge in [0.1, 0.15) is 5.69 Å². The van der Waals surface area contributed by atoms with E-state index >= 15 is 0 Å². The van der Waals surface area contributed by atoms with Crippen molar-refractivity contribution < 1.29 is 9.53 Å². The van der Waals surface area contributed by atoms with Crippen molar-refractivity contribution in [2.24, 2.45) is 0 Å². The molecule has 0 saturated heterocycles. The van der Waals surface area contributed by atoms with E-state index in [0.29, 0.717) is 5.69 Å². The number of H-pyrrole nitrogens is 1. The van der Waals surface area contributed by atoms with Crippen LogP contribution in [0.4, 0.5) is 0 Å². The molecule has 0 atom stereocenters. The summed E-state index contributed by atoms with van der Waals surface area (Å²) in [6.07, 6.45) is 3.89. The second kappa shape index (κ2) is 6.53. The lowest BCUT2D eigenvalue weighted by Crippen LogP contribution is -2.15. The van der Waals surface area contributed by atoms with E-state index in [4.69, 9.17) is 0 Å². The standard InChI is InChI=1S/C10H16N2O2S/c1-14-10(13)9-5-8(7-12-9)6-11-3-4-15-2/h5,7,11-12H,3-4,6H2,1-2H3. The molecular formula is C10H16N2O2S. The van der Waals surface area contributed by atoms with Crippen LogP contribution in [0.5, 0.6) is 0 Å². The Morgan fingerprint density at radius 1 is 1.67 bits per heavy atom. The van der Waals surface area contributed by atoms with Crippen molar-refractivity contribution in [3.8, 4) is 0 Å². The number of esters is 1. The predicted molar refractivity (Wildman–Crippen MR) is 62.2 cm³/mol. The molecular weight excluding hydrogens is 212 g/mol. The zero-order valence-electron chi connectivity index (χ0n) is 9.00. The van der Waals surface area contributed by atoms with Crippen LogP contribution in [0, 0.1) is 0 Å². The molecule has 1 heterocycles. The van der Waals surface area contributed by atoms with E-state index in [1.807, 2.05) is 6.20 Å². The second-order valence-electron chi connectivity index (χ2n) is 3.08. The third-order valence-corrected chi connectivity index (χ3v) is 2.57. The lowest BCUT2D eigenvalue weighted by atomic mass is 10.3. The van der Waals surface area contributed by atoms with Crippen molar-refractivity contribution in [1.29, 1.82) is 0 Å². The molecule has 0 aliphatic carbocycles.